The molecule has 0 amide bonds. The Hall–Kier alpha value is -2.04. The predicted octanol–water partition coefficient (Wildman–Crippen LogP) is 1.32. The fraction of sp³-hybridized carbons (Fsp3) is 0.273. The Bertz CT molecular complexity index is 489. The van der Waals surface area contributed by atoms with Crippen molar-refractivity contribution < 1.29 is 0 Å². The highest BCUT2D eigenvalue weighted by Gasteiger charge is 2.03. The third-order valence-electron chi connectivity index (χ3n) is 2.44. The molecule has 5 nitrogen and oxygen atoms in total. The lowest BCUT2D eigenvalue weighted by Crippen LogP contribution is -2.04. The van der Waals surface area contributed by atoms with Crippen molar-refractivity contribution in [2.75, 3.05) is 11.1 Å². The van der Waals surface area contributed by atoms with E-state index in [1.807, 2.05) is 26.1 Å². The summed E-state index contributed by atoms with van der Waals surface area (Å²) in [6.07, 6.45) is 3.56. The quantitative estimate of drug-likeness (QED) is 0.813. The van der Waals surface area contributed by atoms with Gasteiger partial charge in [0.1, 0.15) is 5.82 Å². The van der Waals surface area contributed by atoms with Crippen LogP contribution in [0.25, 0.3) is 0 Å². The van der Waals surface area contributed by atoms with Gasteiger partial charge >= 0.3 is 0 Å². The maximum atomic E-state index is 5.84. The van der Waals surface area contributed by atoms with Crippen LogP contribution in [0.4, 0.5) is 11.5 Å². The minimum absolute atomic E-state index is 0.670. The fourth-order valence-electron chi connectivity index (χ4n) is 1.48. The molecule has 0 fully saturated rings. The van der Waals surface area contributed by atoms with E-state index in [0.717, 1.165) is 16.9 Å². The van der Waals surface area contributed by atoms with Crippen molar-refractivity contribution in [2.45, 2.75) is 13.5 Å². The lowest BCUT2D eigenvalue weighted by Gasteiger charge is -2.06. The second-order valence-electron chi connectivity index (χ2n) is 3.72. The molecule has 0 unspecified atom stereocenters. The van der Waals surface area contributed by atoms with Crippen molar-refractivity contribution in [2.24, 2.45) is 7.05 Å². The maximum Gasteiger partial charge on any atom is 0.126 e. The van der Waals surface area contributed by atoms with Gasteiger partial charge in [-0.15, -0.1) is 0 Å². The van der Waals surface area contributed by atoms with Crippen LogP contribution in [0, 0.1) is 6.92 Å². The van der Waals surface area contributed by atoms with E-state index in [9.17, 15) is 0 Å². The Morgan fingerprint density at radius 1 is 1.50 bits per heavy atom. The Kier molecular flexibility index (Phi) is 2.76. The highest BCUT2D eigenvalue weighted by atomic mass is 15.3. The van der Waals surface area contributed by atoms with Gasteiger partial charge in [-0.25, -0.2) is 0 Å². The minimum Gasteiger partial charge on any atom is -0.384 e. The number of rotatable bonds is 3. The van der Waals surface area contributed by atoms with Crippen molar-refractivity contribution in [3.05, 3.63) is 35.8 Å². The zero-order valence-corrected chi connectivity index (χ0v) is 9.44. The monoisotopic (exact) mass is 217 g/mol. The molecule has 0 radical (unpaired) electrons. The third kappa shape index (κ3) is 2.13. The summed E-state index contributed by atoms with van der Waals surface area (Å²) in [5.41, 5.74) is 8.87. The average Bonchev–Trinajstić information content (AvgIpc) is 2.57. The lowest BCUT2D eigenvalue weighted by molar-refractivity contribution is 0.778. The van der Waals surface area contributed by atoms with Crippen LogP contribution in [0.2, 0.25) is 0 Å². The van der Waals surface area contributed by atoms with Gasteiger partial charge in [0.25, 0.3) is 0 Å². The zero-order valence-electron chi connectivity index (χ0n) is 9.44. The number of aromatic nitrogens is 3. The van der Waals surface area contributed by atoms with Crippen molar-refractivity contribution >= 4 is 11.5 Å². The summed E-state index contributed by atoms with van der Waals surface area (Å²) < 4.78 is 1.66. The molecule has 2 aromatic heterocycles. The standard InChI is InChI=1S/C11H15N5/c1-8-5-10(3-4-13-8)14-6-9-7-15-16(2)11(9)12/h3-5,7H,6,12H2,1-2H3,(H,13,14). The lowest BCUT2D eigenvalue weighted by atomic mass is 10.3. The summed E-state index contributed by atoms with van der Waals surface area (Å²) in [6.45, 7) is 2.63. The summed E-state index contributed by atoms with van der Waals surface area (Å²) in [6, 6.07) is 3.92. The molecule has 3 N–H and O–H groups in total. The SMILES string of the molecule is Cc1cc(NCc2cnn(C)c2N)ccn1. The number of nitrogen functional groups attached to an aromatic ring is 1. The van der Waals surface area contributed by atoms with Crippen LogP contribution in [0.5, 0.6) is 0 Å². The summed E-state index contributed by atoms with van der Waals surface area (Å²) >= 11 is 0. The van der Waals surface area contributed by atoms with Crippen LogP contribution in [0.15, 0.2) is 24.5 Å². The molecule has 16 heavy (non-hydrogen) atoms. The summed E-state index contributed by atoms with van der Waals surface area (Å²) in [7, 11) is 1.83. The van der Waals surface area contributed by atoms with E-state index in [1.54, 1.807) is 17.1 Å². The van der Waals surface area contributed by atoms with Gasteiger partial charge in [0.05, 0.1) is 6.20 Å². The van der Waals surface area contributed by atoms with E-state index in [4.69, 9.17) is 5.73 Å². The van der Waals surface area contributed by atoms with E-state index in [1.165, 1.54) is 0 Å². The Morgan fingerprint density at radius 3 is 2.94 bits per heavy atom. The molecule has 2 rings (SSSR count). The molecule has 0 aliphatic carbocycles. The van der Waals surface area contributed by atoms with E-state index in [-0.39, 0.29) is 0 Å². The fourth-order valence-corrected chi connectivity index (χ4v) is 1.48. The highest BCUT2D eigenvalue weighted by molar-refractivity contribution is 5.46. The number of nitrogens with one attached hydrogen (secondary N) is 1. The van der Waals surface area contributed by atoms with Crippen LogP contribution in [-0.2, 0) is 13.6 Å². The van der Waals surface area contributed by atoms with Crippen LogP contribution >= 0.6 is 0 Å². The molecule has 0 saturated heterocycles. The smallest absolute Gasteiger partial charge is 0.126 e. The molecule has 0 aliphatic heterocycles. The van der Waals surface area contributed by atoms with E-state index in [2.05, 4.69) is 15.4 Å². The van der Waals surface area contributed by atoms with E-state index >= 15 is 0 Å². The van der Waals surface area contributed by atoms with Crippen LogP contribution < -0.4 is 11.1 Å². The number of nitrogens with zero attached hydrogens (tertiary/aromatic N) is 3. The summed E-state index contributed by atoms with van der Waals surface area (Å²) in [5, 5.41) is 7.37. The summed E-state index contributed by atoms with van der Waals surface area (Å²) in [4.78, 5) is 4.14. The largest absolute Gasteiger partial charge is 0.384 e. The zero-order chi connectivity index (χ0) is 11.5. The van der Waals surface area contributed by atoms with Gasteiger partial charge in [0, 0.05) is 36.7 Å². The number of hydrogen-bond acceptors (Lipinski definition) is 4. The van der Waals surface area contributed by atoms with Gasteiger partial charge in [-0.3, -0.25) is 9.67 Å². The van der Waals surface area contributed by atoms with Gasteiger partial charge < -0.3 is 11.1 Å². The topological polar surface area (TPSA) is 68.8 Å². The first-order valence-corrected chi connectivity index (χ1v) is 5.09. The second kappa shape index (κ2) is 4.22. The molecule has 0 aliphatic rings. The van der Waals surface area contributed by atoms with Crippen molar-refractivity contribution in [1.82, 2.24) is 14.8 Å². The molecular formula is C11H15N5. The first-order valence-electron chi connectivity index (χ1n) is 5.09. The molecular weight excluding hydrogens is 202 g/mol. The molecule has 0 saturated carbocycles. The van der Waals surface area contributed by atoms with E-state index in [0.29, 0.717) is 12.4 Å². The number of aryl methyl sites for hydroxylation is 2. The Morgan fingerprint density at radius 2 is 2.31 bits per heavy atom. The Labute approximate surface area is 94.3 Å². The molecule has 2 heterocycles. The molecule has 84 valence electrons. The van der Waals surface area contributed by atoms with Crippen molar-refractivity contribution in [1.29, 1.82) is 0 Å². The van der Waals surface area contributed by atoms with Gasteiger partial charge in [-0.05, 0) is 19.1 Å². The molecule has 0 bridgehead atoms. The normalized spacial score (nSPS) is 10.4. The van der Waals surface area contributed by atoms with E-state index < -0.39 is 0 Å². The maximum absolute atomic E-state index is 5.84. The summed E-state index contributed by atoms with van der Waals surface area (Å²) in [5.74, 6) is 0.693. The molecule has 2 aromatic rings. The van der Waals surface area contributed by atoms with Crippen molar-refractivity contribution in [3.8, 4) is 0 Å². The Balaban J connectivity index is 2.05. The number of pyridine rings is 1. The molecule has 0 aromatic carbocycles. The number of nitrogens with two attached hydrogens (primary N) is 1. The van der Waals surface area contributed by atoms with Crippen molar-refractivity contribution in [3.63, 3.8) is 0 Å². The minimum atomic E-state index is 0.670. The van der Waals surface area contributed by atoms with Crippen LogP contribution in [-0.4, -0.2) is 14.8 Å². The average molecular weight is 217 g/mol. The third-order valence-corrected chi connectivity index (χ3v) is 2.44. The van der Waals surface area contributed by atoms with Crippen LogP contribution in [0.1, 0.15) is 11.3 Å². The van der Waals surface area contributed by atoms with Gasteiger partial charge in [0.2, 0.25) is 0 Å². The second-order valence-corrected chi connectivity index (χ2v) is 3.72. The first kappa shape index (κ1) is 10.5. The van der Waals surface area contributed by atoms with Gasteiger partial charge in [-0.1, -0.05) is 0 Å². The number of hydrogen-bond donors (Lipinski definition) is 2. The van der Waals surface area contributed by atoms with Crippen LogP contribution in [0.3, 0.4) is 0 Å². The first-order chi connectivity index (χ1) is 7.66. The predicted molar refractivity (Wildman–Crippen MR) is 63.9 cm³/mol. The molecule has 0 atom stereocenters. The van der Waals surface area contributed by atoms with Gasteiger partial charge in [0.15, 0.2) is 0 Å². The molecule has 5 heteroatoms. The number of anilines is 2. The molecule has 0 spiro atoms. The highest BCUT2D eigenvalue weighted by Crippen LogP contribution is 2.13. The van der Waals surface area contributed by atoms with Gasteiger partial charge in [-0.2, -0.15) is 5.10 Å².